The molecule has 1 heterocycles. The molecule has 1 unspecified atom stereocenters. The van der Waals surface area contributed by atoms with Crippen LogP contribution in [0, 0.1) is 0 Å². The van der Waals surface area contributed by atoms with Crippen molar-refractivity contribution < 1.29 is 0 Å². The fraction of sp³-hybridized carbons (Fsp3) is 0.818. The zero-order chi connectivity index (χ0) is 11.1. The van der Waals surface area contributed by atoms with Crippen molar-refractivity contribution in [3.05, 3.63) is 10.6 Å². The molecule has 4 heteroatoms. The van der Waals surface area contributed by atoms with Gasteiger partial charge in [0.15, 0.2) is 0 Å². The van der Waals surface area contributed by atoms with Gasteiger partial charge in [-0.25, -0.2) is 0 Å². The molecule has 0 aliphatic heterocycles. The third-order valence-electron chi connectivity index (χ3n) is 2.44. The molecular formula is C11H21N3S. The first-order valence-electron chi connectivity index (χ1n) is 5.87. The van der Waals surface area contributed by atoms with E-state index in [1.165, 1.54) is 17.0 Å². The summed E-state index contributed by atoms with van der Waals surface area (Å²) in [5.74, 6) is 0. The van der Waals surface area contributed by atoms with Crippen molar-refractivity contribution in [2.75, 3.05) is 6.54 Å². The Kier molecular flexibility index (Phi) is 5.79. The molecule has 0 spiro atoms. The number of hydrogen-bond donors (Lipinski definition) is 1. The maximum atomic E-state index is 4.21. The molecule has 0 aromatic carbocycles. The van der Waals surface area contributed by atoms with E-state index in [0.29, 0.717) is 6.04 Å². The van der Waals surface area contributed by atoms with Gasteiger partial charge >= 0.3 is 0 Å². The summed E-state index contributed by atoms with van der Waals surface area (Å²) in [5, 5.41) is 7.76. The van der Waals surface area contributed by atoms with Gasteiger partial charge in [-0.15, -0.1) is 5.10 Å². The summed E-state index contributed by atoms with van der Waals surface area (Å²) in [4.78, 5) is 1.34. The molecule has 15 heavy (non-hydrogen) atoms. The molecule has 1 aromatic rings. The summed E-state index contributed by atoms with van der Waals surface area (Å²) >= 11 is 1.55. The molecule has 1 atom stereocenters. The van der Waals surface area contributed by atoms with E-state index in [4.69, 9.17) is 0 Å². The maximum Gasteiger partial charge on any atom is 0.0803 e. The number of aryl methyl sites for hydroxylation is 1. The normalized spacial score (nSPS) is 13.0. The molecule has 1 N–H and O–H groups in total. The highest BCUT2D eigenvalue weighted by molar-refractivity contribution is 7.05. The lowest BCUT2D eigenvalue weighted by atomic mass is 10.1. The lowest BCUT2D eigenvalue weighted by molar-refractivity contribution is 0.520. The topological polar surface area (TPSA) is 37.8 Å². The maximum absolute atomic E-state index is 4.21. The minimum absolute atomic E-state index is 0.450. The Labute approximate surface area is 96.5 Å². The molecule has 0 bridgehead atoms. The van der Waals surface area contributed by atoms with E-state index in [2.05, 4.69) is 35.7 Å². The predicted molar refractivity (Wildman–Crippen MR) is 65.2 cm³/mol. The smallest absolute Gasteiger partial charge is 0.0803 e. The summed E-state index contributed by atoms with van der Waals surface area (Å²) in [5.41, 5.74) is 1.19. The second-order valence-electron chi connectivity index (χ2n) is 3.75. The first-order valence-corrected chi connectivity index (χ1v) is 6.65. The molecule has 0 aliphatic rings. The second-order valence-corrected chi connectivity index (χ2v) is 4.53. The average Bonchev–Trinajstić information content (AvgIpc) is 2.68. The molecule has 0 amide bonds. The van der Waals surface area contributed by atoms with Gasteiger partial charge in [-0.05, 0) is 37.3 Å². The first kappa shape index (κ1) is 12.6. The van der Waals surface area contributed by atoms with E-state index in [1.54, 1.807) is 11.5 Å². The van der Waals surface area contributed by atoms with Gasteiger partial charge < -0.3 is 5.32 Å². The van der Waals surface area contributed by atoms with Crippen molar-refractivity contribution in [2.24, 2.45) is 0 Å². The van der Waals surface area contributed by atoms with Gasteiger partial charge in [-0.1, -0.05) is 31.7 Å². The number of hydrogen-bond acceptors (Lipinski definition) is 4. The zero-order valence-electron chi connectivity index (χ0n) is 9.92. The number of nitrogens with zero attached hydrogens (tertiary/aromatic N) is 2. The van der Waals surface area contributed by atoms with Gasteiger partial charge in [0.05, 0.1) is 10.6 Å². The highest BCUT2D eigenvalue weighted by Gasteiger charge is 2.16. The second kappa shape index (κ2) is 6.90. The molecule has 0 fully saturated rings. The monoisotopic (exact) mass is 227 g/mol. The minimum atomic E-state index is 0.450. The van der Waals surface area contributed by atoms with Crippen LogP contribution in [-0.2, 0) is 6.42 Å². The van der Waals surface area contributed by atoms with Gasteiger partial charge in [0, 0.05) is 6.04 Å². The predicted octanol–water partition coefficient (Wildman–Crippen LogP) is 2.94. The van der Waals surface area contributed by atoms with Gasteiger partial charge in [-0.3, -0.25) is 0 Å². The van der Waals surface area contributed by atoms with Crippen LogP contribution < -0.4 is 5.32 Å². The van der Waals surface area contributed by atoms with Crippen molar-refractivity contribution in [3.8, 4) is 0 Å². The Balaban J connectivity index is 2.67. The SMILES string of the molecule is CCCNC(CC)c1snnc1CCC. The Morgan fingerprint density at radius 3 is 2.67 bits per heavy atom. The standard InChI is InChI=1S/C11H21N3S/c1-4-7-10-11(15-14-13-10)9(6-3)12-8-5-2/h9,12H,4-8H2,1-3H3. The molecule has 0 aliphatic carbocycles. The van der Waals surface area contributed by atoms with Crippen LogP contribution >= 0.6 is 11.5 Å². The third-order valence-corrected chi connectivity index (χ3v) is 3.32. The van der Waals surface area contributed by atoms with Crippen LogP contribution in [0.3, 0.4) is 0 Å². The Bertz CT molecular complexity index is 273. The third kappa shape index (κ3) is 3.54. The molecule has 86 valence electrons. The van der Waals surface area contributed by atoms with Crippen LogP contribution in [0.2, 0.25) is 0 Å². The lowest BCUT2D eigenvalue weighted by Gasteiger charge is -2.15. The van der Waals surface area contributed by atoms with E-state index >= 15 is 0 Å². The summed E-state index contributed by atoms with van der Waals surface area (Å²) < 4.78 is 4.07. The molecule has 0 saturated carbocycles. The van der Waals surface area contributed by atoms with Crippen molar-refractivity contribution in [2.45, 2.75) is 52.5 Å². The van der Waals surface area contributed by atoms with Crippen molar-refractivity contribution >= 4 is 11.5 Å². The van der Waals surface area contributed by atoms with Crippen LogP contribution in [0.15, 0.2) is 0 Å². The first-order chi connectivity index (χ1) is 7.33. The summed E-state index contributed by atoms with van der Waals surface area (Å²) in [6.07, 6.45) is 4.48. The molecule has 3 nitrogen and oxygen atoms in total. The fourth-order valence-corrected chi connectivity index (χ4v) is 2.48. The minimum Gasteiger partial charge on any atom is -0.309 e. The van der Waals surface area contributed by atoms with Crippen LogP contribution in [-0.4, -0.2) is 16.1 Å². The van der Waals surface area contributed by atoms with Crippen LogP contribution in [0.5, 0.6) is 0 Å². The van der Waals surface area contributed by atoms with E-state index < -0.39 is 0 Å². The van der Waals surface area contributed by atoms with Gasteiger partial charge in [-0.2, -0.15) is 0 Å². The molecule has 0 saturated heterocycles. The largest absolute Gasteiger partial charge is 0.309 e. The quantitative estimate of drug-likeness (QED) is 0.778. The average molecular weight is 227 g/mol. The number of aromatic nitrogens is 2. The lowest BCUT2D eigenvalue weighted by Crippen LogP contribution is -2.21. The van der Waals surface area contributed by atoms with Gasteiger partial charge in [0.1, 0.15) is 0 Å². The highest BCUT2D eigenvalue weighted by atomic mass is 32.1. The Morgan fingerprint density at radius 1 is 1.27 bits per heavy atom. The van der Waals surface area contributed by atoms with E-state index in [-0.39, 0.29) is 0 Å². The molecule has 1 aromatic heterocycles. The van der Waals surface area contributed by atoms with Crippen molar-refractivity contribution in [1.29, 1.82) is 0 Å². The molecule has 0 radical (unpaired) electrons. The highest BCUT2D eigenvalue weighted by Crippen LogP contribution is 2.23. The van der Waals surface area contributed by atoms with Crippen molar-refractivity contribution in [1.82, 2.24) is 14.9 Å². The van der Waals surface area contributed by atoms with Crippen LogP contribution in [0.25, 0.3) is 0 Å². The zero-order valence-corrected chi connectivity index (χ0v) is 10.7. The summed E-state index contributed by atoms with van der Waals surface area (Å²) in [6.45, 7) is 7.66. The number of nitrogens with one attached hydrogen (secondary N) is 1. The number of rotatable bonds is 7. The van der Waals surface area contributed by atoms with E-state index in [9.17, 15) is 0 Å². The molecular weight excluding hydrogens is 206 g/mol. The fourth-order valence-electron chi connectivity index (χ4n) is 1.63. The Morgan fingerprint density at radius 2 is 2.07 bits per heavy atom. The van der Waals surface area contributed by atoms with E-state index in [1.807, 2.05) is 0 Å². The van der Waals surface area contributed by atoms with E-state index in [0.717, 1.165) is 25.8 Å². The van der Waals surface area contributed by atoms with Crippen molar-refractivity contribution in [3.63, 3.8) is 0 Å². The summed E-state index contributed by atoms with van der Waals surface area (Å²) in [7, 11) is 0. The molecule has 1 rings (SSSR count). The van der Waals surface area contributed by atoms with Crippen LogP contribution in [0.4, 0.5) is 0 Å². The van der Waals surface area contributed by atoms with Gasteiger partial charge in [0.25, 0.3) is 0 Å². The Hall–Kier alpha value is -0.480. The van der Waals surface area contributed by atoms with Gasteiger partial charge in [0.2, 0.25) is 0 Å². The van der Waals surface area contributed by atoms with Crippen LogP contribution in [0.1, 0.15) is 56.6 Å². The summed E-state index contributed by atoms with van der Waals surface area (Å²) in [6, 6.07) is 0.450.